The number of amides is 3. The van der Waals surface area contributed by atoms with Crippen molar-refractivity contribution in [3.63, 3.8) is 0 Å². The highest BCUT2D eigenvalue weighted by Gasteiger charge is 2.56. The van der Waals surface area contributed by atoms with Gasteiger partial charge in [-0.3, -0.25) is 24.5 Å². The summed E-state index contributed by atoms with van der Waals surface area (Å²) < 4.78 is 5.89. The molecule has 3 unspecified atom stereocenters. The molecule has 8 heteroatoms. The summed E-state index contributed by atoms with van der Waals surface area (Å²) in [7, 11) is 0. The zero-order chi connectivity index (χ0) is 19.8. The van der Waals surface area contributed by atoms with Gasteiger partial charge >= 0.3 is 0 Å². The second-order valence-electron chi connectivity index (χ2n) is 6.88. The maximum atomic E-state index is 12.3. The van der Waals surface area contributed by atoms with Gasteiger partial charge in [0.2, 0.25) is 11.8 Å². The van der Waals surface area contributed by atoms with Gasteiger partial charge in [-0.25, -0.2) is 0 Å². The number of nitrogens with zero attached hydrogens (tertiary/aromatic N) is 1. The van der Waals surface area contributed by atoms with E-state index in [1.54, 1.807) is 24.3 Å². The van der Waals surface area contributed by atoms with Gasteiger partial charge in [0.25, 0.3) is 5.91 Å². The summed E-state index contributed by atoms with van der Waals surface area (Å²) in [5, 5.41) is 3.58. The minimum atomic E-state index is -0.974. The summed E-state index contributed by atoms with van der Waals surface area (Å²) in [6.45, 7) is 1.75. The van der Waals surface area contributed by atoms with Gasteiger partial charge in [-0.2, -0.15) is 5.06 Å². The molecule has 2 aromatic carbocycles. The van der Waals surface area contributed by atoms with Crippen molar-refractivity contribution in [2.75, 3.05) is 6.54 Å². The van der Waals surface area contributed by atoms with E-state index in [0.717, 1.165) is 5.56 Å². The molecule has 0 spiro atoms. The normalized spacial score (nSPS) is 24.1. The van der Waals surface area contributed by atoms with Crippen molar-refractivity contribution in [3.05, 3.63) is 59.7 Å². The van der Waals surface area contributed by atoms with Gasteiger partial charge in [0.15, 0.2) is 6.10 Å². The Kier molecular flexibility index (Phi) is 4.58. The number of aryl methyl sites for hydroxylation is 1. The Balaban J connectivity index is 1.65. The standard InChI is InChI=1S/C20H19N3O5/c1-11-5-7-13(8-6-11)27-14-4-2-3-12(9-14)17-16-18(20(26)22-19(16)25)28-23(17)10-15(21)24/h2-9,16-18H,10H2,1H3,(H2,21,24)(H,22,25,26). The molecule has 2 saturated heterocycles. The van der Waals surface area contributed by atoms with E-state index in [0.29, 0.717) is 17.1 Å². The number of hydrogen-bond acceptors (Lipinski definition) is 6. The molecular weight excluding hydrogens is 362 g/mol. The van der Waals surface area contributed by atoms with Crippen LogP contribution in [0.25, 0.3) is 0 Å². The smallest absolute Gasteiger partial charge is 0.258 e. The Labute approximate surface area is 161 Å². The number of ether oxygens (including phenoxy) is 1. The lowest BCUT2D eigenvalue weighted by atomic mass is 9.90. The number of benzene rings is 2. The first-order valence-corrected chi connectivity index (χ1v) is 8.83. The van der Waals surface area contributed by atoms with Crippen molar-refractivity contribution < 1.29 is 24.0 Å². The molecule has 3 N–H and O–H groups in total. The van der Waals surface area contributed by atoms with Crippen LogP contribution in [0.4, 0.5) is 0 Å². The Bertz CT molecular complexity index is 943. The second-order valence-corrected chi connectivity index (χ2v) is 6.88. The van der Waals surface area contributed by atoms with Gasteiger partial charge < -0.3 is 10.5 Å². The third kappa shape index (κ3) is 3.35. The molecule has 2 aromatic rings. The number of carbonyl (C=O) groups is 3. The van der Waals surface area contributed by atoms with Gasteiger partial charge in [0.1, 0.15) is 18.0 Å². The summed E-state index contributed by atoms with van der Waals surface area (Å²) in [5.41, 5.74) is 7.11. The third-order valence-electron chi connectivity index (χ3n) is 4.80. The minimum absolute atomic E-state index is 0.235. The fourth-order valence-electron chi connectivity index (χ4n) is 3.56. The van der Waals surface area contributed by atoms with Crippen LogP contribution in [0.5, 0.6) is 11.5 Å². The van der Waals surface area contributed by atoms with Gasteiger partial charge in [-0.1, -0.05) is 29.8 Å². The van der Waals surface area contributed by atoms with Gasteiger partial charge in [-0.05, 0) is 36.8 Å². The van der Waals surface area contributed by atoms with Crippen molar-refractivity contribution in [1.29, 1.82) is 0 Å². The topological polar surface area (TPSA) is 111 Å². The highest BCUT2D eigenvalue weighted by atomic mass is 16.7. The number of imide groups is 1. The lowest BCUT2D eigenvalue weighted by Crippen LogP contribution is -2.37. The average molecular weight is 381 g/mol. The molecule has 28 heavy (non-hydrogen) atoms. The van der Waals surface area contributed by atoms with Gasteiger partial charge in [0, 0.05) is 0 Å². The molecule has 0 aliphatic carbocycles. The summed E-state index contributed by atoms with van der Waals surface area (Å²) >= 11 is 0. The summed E-state index contributed by atoms with van der Waals surface area (Å²) in [4.78, 5) is 41.3. The molecule has 144 valence electrons. The lowest BCUT2D eigenvalue weighted by Gasteiger charge is -2.24. The number of fused-ring (bicyclic) bond motifs is 1. The number of nitrogens with two attached hydrogens (primary N) is 1. The molecule has 2 fully saturated rings. The molecule has 4 rings (SSSR count). The Hall–Kier alpha value is -3.23. The largest absolute Gasteiger partial charge is 0.457 e. The summed E-state index contributed by atoms with van der Waals surface area (Å²) in [5.74, 6) is -1.10. The van der Waals surface area contributed by atoms with E-state index in [2.05, 4.69) is 5.32 Å². The van der Waals surface area contributed by atoms with Crippen LogP contribution in [0.2, 0.25) is 0 Å². The zero-order valence-corrected chi connectivity index (χ0v) is 15.1. The van der Waals surface area contributed by atoms with E-state index >= 15 is 0 Å². The van der Waals surface area contributed by atoms with E-state index < -0.39 is 35.8 Å². The van der Waals surface area contributed by atoms with Crippen molar-refractivity contribution in [2.24, 2.45) is 11.7 Å². The fourth-order valence-corrected chi connectivity index (χ4v) is 3.56. The number of rotatable bonds is 5. The van der Waals surface area contributed by atoms with E-state index in [1.165, 1.54) is 5.06 Å². The number of primary amides is 1. The Morgan fingerprint density at radius 1 is 1.14 bits per heavy atom. The molecule has 2 aliphatic rings. The van der Waals surface area contributed by atoms with Crippen LogP contribution in [0, 0.1) is 12.8 Å². The molecule has 2 aliphatic heterocycles. The molecular formula is C20H19N3O5. The second kappa shape index (κ2) is 7.06. The van der Waals surface area contributed by atoms with Crippen molar-refractivity contribution in [3.8, 4) is 11.5 Å². The molecule has 0 aromatic heterocycles. The lowest BCUT2D eigenvalue weighted by molar-refractivity contribution is -0.176. The van der Waals surface area contributed by atoms with Crippen LogP contribution in [0.15, 0.2) is 48.5 Å². The van der Waals surface area contributed by atoms with Crippen LogP contribution in [-0.2, 0) is 19.2 Å². The molecule has 0 radical (unpaired) electrons. The fraction of sp³-hybridized carbons (Fsp3) is 0.250. The highest BCUT2D eigenvalue weighted by Crippen LogP contribution is 2.42. The predicted octanol–water partition coefficient (Wildman–Crippen LogP) is 1.20. The number of hydroxylamine groups is 2. The van der Waals surface area contributed by atoms with E-state index in [1.807, 2.05) is 31.2 Å². The van der Waals surface area contributed by atoms with Crippen LogP contribution in [0.3, 0.4) is 0 Å². The monoisotopic (exact) mass is 381 g/mol. The van der Waals surface area contributed by atoms with Crippen molar-refractivity contribution in [1.82, 2.24) is 10.4 Å². The maximum Gasteiger partial charge on any atom is 0.258 e. The van der Waals surface area contributed by atoms with E-state index in [9.17, 15) is 14.4 Å². The summed E-state index contributed by atoms with van der Waals surface area (Å²) in [6, 6.07) is 14.1. The van der Waals surface area contributed by atoms with Gasteiger partial charge in [-0.15, -0.1) is 0 Å². The quantitative estimate of drug-likeness (QED) is 0.753. The number of nitrogens with one attached hydrogen (secondary N) is 1. The first kappa shape index (κ1) is 18.1. The molecule has 8 nitrogen and oxygen atoms in total. The minimum Gasteiger partial charge on any atom is -0.457 e. The molecule has 0 bridgehead atoms. The molecule has 0 saturated carbocycles. The first-order chi connectivity index (χ1) is 13.4. The summed E-state index contributed by atoms with van der Waals surface area (Å²) in [6.07, 6.45) is -0.974. The number of hydrogen-bond donors (Lipinski definition) is 2. The van der Waals surface area contributed by atoms with E-state index in [-0.39, 0.29) is 6.54 Å². The molecule has 2 heterocycles. The van der Waals surface area contributed by atoms with Crippen LogP contribution >= 0.6 is 0 Å². The van der Waals surface area contributed by atoms with Crippen LogP contribution in [0.1, 0.15) is 17.2 Å². The molecule has 3 atom stereocenters. The SMILES string of the molecule is Cc1ccc(Oc2cccc(C3C4C(=O)NC(=O)C4ON3CC(N)=O)c2)cc1. The van der Waals surface area contributed by atoms with Crippen molar-refractivity contribution >= 4 is 17.7 Å². The zero-order valence-electron chi connectivity index (χ0n) is 15.1. The van der Waals surface area contributed by atoms with E-state index in [4.69, 9.17) is 15.3 Å². The van der Waals surface area contributed by atoms with Crippen LogP contribution < -0.4 is 15.8 Å². The Morgan fingerprint density at radius 2 is 1.89 bits per heavy atom. The Morgan fingerprint density at radius 3 is 2.61 bits per heavy atom. The molecule has 3 amide bonds. The van der Waals surface area contributed by atoms with Gasteiger partial charge in [0.05, 0.1) is 12.0 Å². The highest BCUT2D eigenvalue weighted by molar-refractivity contribution is 6.07. The first-order valence-electron chi connectivity index (χ1n) is 8.83. The predicted molar refractivity (Wildman–Crippen MR) is 97.8 cm³/mol. The van der Waals surface area contributed by atoms with Crippen LogP contribution in [-0.4, -0.2) is 35.4 Å². The number of carbonyl (C=O) groups excluding carboxylic acids is 3. The maximum absolute atomic E-state index is 12.3. The van der Waals surface area contributed by atoms with Crippen molar-refractivity contribution in [2.45, 2.75) is 19.1 Å². The average Bonchev–Trinajstić information content (AvgIpc) is 3.14. The third-order valence-corrected chi connectivity index (χ3v) is 4.80.